The highest BCUT2D eigenvalue weighted by molar-refractivity contribution is 6.50. The number of hydrogen-bond donors (Lipinski definition) is 1. The Labute approximate surface area is 186 Å². The predicted molar refractivity (Wildman–Crippen MR) is 120 cm³/mol. The van der Waals surface area contributed by atoms with Gasteiger partial charge in [0.15, 0.2) is 5.54 Å². The maximum atomic E-state index is 14.0. The lowest BCUT2D eigenvalue weighted by Gasteiger charge is -2.34. The molecule has 1 atom stereocenters. The van der Waals surface area contributed by atoms with Crippen molar-refractivity contribution in [3.8, 4) is 0 Å². The summed E-state index contributed by atoms with van der Waals surface area (Å²) >= 11 is 0. The second-order valence-electron chi connectivity index (χ2n) is 8.05. The summed E-state index contributed by atoms with van der Waals surface area (Å²) < 4.78 is 5.17. The Bertz CT molecular complexity index is 1120. The standard InChI is InChI=1S/C25H26N2O5/c1-4-13-26-19-8-6-5-7-18(19)25(24(26)31)20(21(28)17-11-9-16(2)10-12-17)22(29)23(30)27(25)14-15-32-3/h5-12,28H,4,13-15H2,1-3H3/b21-20+. The molecule has 0 radical (unpaired) electrons. The van der Waals surface area contributed by atoms with Gasteiger partial charge in [-0.25, -0.2) is 0 Å². The normalized spacial score (nSPS) is 21.7. The van der Waals surface area contributed by atoms with Crippen molar-refractivity contribution in [1.29, 1.82) is 0 Å². The highest BCUT2D eigenvalue weighted by atomic mass is 16.5. The Morgan fingerprint density at radius 3 is 2.38 bits per heavy atom. The van der Waals surface area contributed by atoms with E-state index >= 15 is 0 Å². The number of aliphatic hydroxyl groups is 1. The van der Waals surface area contributed by atoms with Crippen LogP contribution < -0.4 is 4.90 Å². The van der Waals surface area contributed by atoms with Crippen molar-refractivity contribution in [2.24, 2.45) is 0 Å². The van der Waals surface area contributed by atoms with E-state index < -0.39 is 23.1 Å². The van der Waals surface area contributed by atoms with E-state index in [1.807, 2.05) is 19.9 Å². The summed E-state index contributed by atoms with van der Waals surface area (Å²) in [6.45, 7) is 4.46. The van der Waals surface area contributed by atoms with Gasteiger partial charge in [0.25, 0.3) is 17.6 Å². The van der Waals surface area contributed by atoms with Gasteiger partial charge in [-0.2, -0.15) is 0 Å². The fraction of sp³-hybridized carbons (Fsp3) is 0.320. The quantitative estimate of drug-likeness (QED) is 0.429. The van der Waals surface area contributed by atoms with Crippen molar-refractivity contribution < 1.29 is 24.2 Å². The second-order valence-corrected chi connectivity index (χ2v) is 8.05. The van der Waals surface area contributed by atoms with Gasteiger partial charge in [0.2, 0.25) is 0 Å². The summed E-state index contributed by atoms with van der Waals surface area (Å²) in [7, 11) is 1.49. The number of aliphatic hydroxyl groups excluding tert-OH is 1. The monoisotopic (exact) mass is 434 g/mol. The zero-order valence-electron chi connectivity index (χ0n) is 18.4. The maximum Gasteiger partial charge on any atom is 0.296 e. The van der Waals surface area contributed by atoms with Crippen LogP contribution in [0, 0.1) is 6.92 Å². The van der Waals surface area contributed by atoms with Crippen LogP contribution in [0.3, 0.4) is 0 Å². The summed E-state index contributed by atoms with van der Waals surface area (Å²) in [6.07, 6.45) is 0.694. The minimum absolute atomic E-state index is 0.0335. The molecule has 32 heavy (non-hydrogen) atoms. The first-order chi connectivity index (χ1) is 15.4. The third kappa shape index (κ3) is 2.96. The molecule has 0 aromatic heterocycles. The number of nitrogens with zero attached hydrogens (tertiary/aromatic N) is 2. The largest absolute Gasteiger partial charge is 0.507 e. The number of amides is 2. The first kappa shape index (κ1) is 21.8. The van der Waals surface area contributed by atoms with Gasteiger partial charge in [0, 0.05) is 31.3 Å². The molecule has 4 rings (SSSR count). The maximum absolute atomic E-state index is 14.0. The van der Waals surface area contributed by atoms with Crippen LogP contribution in [0.2, 0.25) is 0 Å². The highest BCUT2D eigenvalue weighted by Crippen LogP contribution is 2.53. The Hall–Kier alpha value is -3.45. The van der Waals surface area contributed by atoms with Crippen molar-refractivity contribution >= 4 is 29.0 Å². The molecule has 1 unspecified atom stereocenters. The molecule has 2 aromatic carbocycles. The predicted octanol–water partition coefficient (Wildman–Crippen LogP) is 2.97. The lowest BCUT2D eigenvalue weighted by atomic mass is 9.82. The molecular formula is C25H26N2O5. The first-order valence-electron chi connectivity index (χ1n) is 10.7. The number of anilines is 1. The van der Waals surface area contributed by atoms with Crippen molar-refractivity contribution in [3.63, 3.8) is 0 Å². The molecule has 7 heteroatoms. The molecule has 0 aliphatic carbocycles. The number of ketones is 1. The van der Waals surface area contributed by atoms with Gasteiger partial charge >= 0.3 is 0 Å². The molecule has 1 fully saturated rings. The van der Waals surface area contributed by atoms with Crippen LogP contribution in [-0.4, -0.2) is 54.4 Å². The number of methoxy groups -OCH3 is 1. The number of aryl methyl sites for hydroxylation is 1. The molecule has 0 saturated carbocycles. The molecule has 1 saturated heterocycles. The topological polar surface area (TPSA) is 87.2 Å². The number of para-hydroxylation sites is 1. The van der Waals surface area contributed by atoms with E-state index in [2.05, 4.69) is 0 Å². The number of carbonyl (C=O) groups excluding carboxylic acids is 3. The van der Waals surface area contributed by atoms with E-state index in [-0.39, 0.29) is 24.5 Å². The second kappa shape index (κ2) is 8.24. The van der Waals surface area contributed by atoms with Gasteiger partial charge in [-0.15, -0.1) is 0 Å². The Morgan fingerprint density at radius 1 is 1.03 bits per heavy atom. The number of rotatable bonds is 6. The van der Waals surface area contributed by atoms with Gasteiger partial charge in [-0.05, 0) is 19.4 Å². The van der Waals surface area contributed by atoms with E-state index in [0.717, 1.165) is 5.56 Å². The van der Waals surface area contributed by atoms with Crippen LogP contribution >= 0.6 is 0 Å². The Morgan fingerprint density at radius 2 is 1.72 bits per heavy atom. The van der Waals surface area contributed by atoms with Crippen LogP contribution in [0.1, 0.15) is 30.0 Å². The molecule has 2 amide bonds. The highest BCUT2D eigenvalue weighted by Gasteiger charge is 2.66. The van der Waals surface area contributed by atoms with E-state index in [1.165, 1.54) is 12.0 Å². The zero-order valence-corrected chi connectivity index (χ0v) is 18.4. The van der Waals surface area contributed by atoms with Gasteiger partial charge in [-0.3, -0.25) is 14.4 Å². The van der Waals surface area contributed by atoms with Gasteiger partial charge < -0.3 is 19.6 Å². The lowest BCUT2D eigenvalue weighted by Crippen LogP contribution is -2.52. The summed E-state index contributed by atoms with van der Waals surface area (Å²) in [5.74, 6) is -2.47. The number of likely N-dealkylation sites (tertiary alicyclic amines) is 1. The van der Waals surface area contributed by atoms with Gasteiger partial charge in [-0.1, -0.05) is 55.0 Å². The van der Waals surface area contributed by atoms with Crippen molar-refractivity contribution in [1.82, 2.24) is 4.90 Å². The molecule has 7 nitrogen and oxygen atoms in total. The molecule has 1 spiro atoms. The van der Waals surface area contributed by atoms with E-state index in [1.54, 1.807) is 47.4 Å². The third-order valence-corrected chi connectivity index (χ3v) is 6.10. The minimum atomic E-state index is -1.73. The van der Waals surface area contributed by atoms with E-state index in [4.69, 9.17) is 4.74 Å². The molecule has 2 heterocycles. The molecule has 2 aromatic rings. The number of hydrogen-bond acceptors (Lipinski definition) is 5. The van der Waals surface area contributed by atoms with Crippen molar-refractivity contribution in [2.75, 3.05) is 31.7 Å². The van der Waals surface area contributed by atoms with Crippen molar-refractivity contribution in [3.05, 3.63) is 70.8 Å². The summed E-state index contributed by atoms with van der Waals surface area (Å²) in [6, 6.07) is 14.1. The van der Waals surface area contributed by atoms with Crippen LogP contribution in [0.4, 0.5) is 5.69 Å². The summed E-state index contributed by atoms with van der Waals surface area (Å²) in [4.78, 5) is 43.4. The van der Waals surface area contributed by atoms with Crippen LogP contribution in [0.15, 0.2) is 54.1 Å². The van der Waals surface area contributed by atoms with Crippen molar-refractivity contribution in [2.45, 2.75) is 25.8 Å². The third-order valence-electron chi connectivity index (χ3n) is 6.10. The fourth-order valence-corrected chi connectivity index (χ4v) is 4.65. The molecular weight excluding hydrogens is 408 g/mol. The average molecular weight is 434 g/mol. The number of carbonyl (C=O) groups is 3. The summed E-state index contributed by atoms with van der Waals surface area (Å²) in [5.41, 5.74) is 0.583. The van der Waals surface area contributed by atoms with Crippen LogP contribution in [0.5, 0.6) is 0 Å². The molecule has 0 bridgehead atoms. The zero-order chi connectivity index (χ0) is 23.0. The number of benzene rings is 2. The molecule has 2 aliphatic heterocycles. The smallest absolute Gasteiger partial charge is 0.296 e. The molecule has 2 aliphatic rings. The van der Waals surface area contributed by atoms with Crippen LogP contribution in [-0.2, 0) is 24.7 Å². The number of ether oxygens (including phenoxy) is 1. The van der Waals surface area contributed by atoms with Crippen LogP contribution in [0.25, 0.3) is 5.76 Å². The van der Waals surface area contributed by atoms with E-state index in [9.17, 15) is 19.5 Å². The number of Topliss-reactive ketones (excluding diaryl/α,β-unsaturated/α-hetero) is 1. The SMILES string of the molecule is CCCN1C(=O)C2(/C(=C(/O)c3ccc(C)cc3)C(=O)C(=O)N2CCOC)c2ccccc21. The Balaban J connectivity index is 2.05. The van der Waals surface area contributed by atoms with E-state index in [0.29, 0.717) is 29.8 Å². The molecule has 166 valence electrons. The number of fused-ring (bicyclic) bond motifs is 2. The fourth-order valence-electron chi connectivity index (χ4n) is 4.65. The Kier molecular flexibility index (Phi) is 5.60. The summed E-state index contributed by atoms with van der Waals surface area (Å²) in [5, 5.41) is 11.3. The van der Waals surface area contributed by atoms with Gasteiger partial charge in [0.05, 0.1) is 17.9 Å². The van der Waals surface area contributed by atoms with Gasteiger partial charge in [0.1, 0.15) is 5.76 Å². The first-order valence-corrected chi connectivity index (χ1v) is 10.7. The minimum Gasteiger partial charge on any atom is -0.507 e. The average Bonchev–Trinajstić information content (AvgIpc) is 3.17. The lowest BCUT2D eigenvalue weighted by molar-refractivity contribution is -0.144. The molecule has 1 N–H and O–H groups in total.